The van der Waals surface area contributed by atoms with Gasteiger partial charge < -0.3 is 10.2 Å². The number of amides is 1. The van der Waals surface area contributed by atoms with E-state index in [1.165, 1.54) is 34.6 Å². The third-order valence-corrected chi connectivity index (χ3v) is 6.64. The van der Waals surface area contributed by atoms with E-state index in [1.807, 2.05) is 6.92 Å². The molecular weight excluding hydrogens is 399 g/mol. The molecular formula is C23H19FN4OS. The van der Waals surface area contributed by atoms with E-state index in [2.05, 4.69) is 44.5 Å². The van der Waals surface area contributed by atoms with Gasteiger partial charge in [-0.25, -0.2) is 14.4 Å². The zero-order valence-electron chi connectivity index (χ0n) is 16.4. The molecule has 0 spiro atoms. The van der Waals surface area contributed by atoms with Gasteiger partial charge >= 0.3 is 0 Å². The minimum absolute atomic E-state index is 0.225. The predicted molar refractivity (Wildman–Crippen MR) is 118 cm³/mol. The van der Waals surface area contributed by atoms with Crippen LogP contribution in [0.4, 0.5) is 15.9 Å². The topological polar surface area (TPSA) is 58.1 Å². The molecule has 0 radical (unpaired) electrons. The molecule has 1 amide bonds. The van der Waals surface area contributed by atoms with Gasteiger partial charge in [-0.2, -0.15) is 0 Å². The van der Waals surface area contributed by atoms with Crippen LogP contribution in [-0.2, 0) is 13.0 Å². The van der Waals surface area contributed by atoms with Crippen molar-refractivity contribution in [2.75, 3.05) is 16.8 Å². The molecule has 0 saturated carbocycles. The highest BCUT2D eigenvalue weighted by Crippen LogP contribution is 2.36. The molecule has 5 nitrogen and oxygen atoms in total. The highest BCUT2D eigenvalue weighted by atomic mass is 32.1. The normalized spacial score (nSPS) is 13.3. The van der Waals surface area contributed by atoms with Crippen molar-refractivity contribution in [3.05, 3.63) is 82.2 Å². The van der Waals surface area contributed by atoms with Gasteiger partial charge in [0.1, 0.15) is 22.8 Å². The van der Waals surface area contributed by atoms with Gasteiger partial charge in [-0.1, -0.05) is 24.3 Å². The Labute approximate surface area is 177 Å². The second-order valence-corrected chi connectivity index (χ2v) is 8.33. The zero-order chi connectivity index (χ0) is 20.7. The van der Waals surface area contributed by atoms with Crippen LogP contribution in [0.15, 0.2) is 54.9 Å². The summed E-state index contributed by atoms with van der Waals surface area (Å²) in [6.45, 7) is 3.59. The van der Waals surface area contributed by atoms with E-state index in [4.69, 9.17) is 0 Å². The quantitative estimate of drug-likeness (QED) is 0.511. The largest absolute Gasteiger partial charge is 0.351 e. The molecule has 5 rings (SSSR count). The smallest absolute Gasteiger partial charge is 0.266 e. The van der Waals surface area contributed by atoms with Crippen LogP contribution in [0, 0.1) is 12.7 Å². The Balaban J connectivity index is 1.49. The molecule has 0 bridgehead atoms. The number of aryl methyl sites for hydroxylation is 1. The molecule has 0 aliphatic carbocycles. The van der Waals surface area contributed by atoms with Gasteiger partial charge in [0, 0.05) is 18.8 Å². The Hall–Kier alpha value is -3.32. The molecule has 1 aliphatic rings. The van der Waals surface area contributed by atoms with Gasteiger partial charge in [-0.15, -0.1) is 11.3 Å². The molecule has 1 aliphatic heterocycles. The fourth-order valence-corrected chi connectivity index (χ4v) is 4.95. The number of carbonyl (C=O) groups excluding carboxylic acids is 1. The maximum Gasteiger partial charge on any atom is 0.266 e. The molecule has 2 aromatic carbocycles. The molecule has 7 heteroatoms. The van der Waals surface area contributed by atoms with Crippen molar-refractivity contribution in [1.29, 1.82) is 0 Å². The summed E-state index contributed by atoms with van der Waals surface area (Å²) in [6.07, 6.45) is 2.53. The fourth-order valence-electron chi connectivity index (χ4n) is 3.91. The third-order valence-electron chi connectivity index (χ3n) is 5.45. The van der Waals surface area contributed by atoms with Crippen LogP contribution in [0.1, 0.15) is 26.4 Å². The van der Waals surface area contributed by atoms with Crippen molar-refractivity contribution in [2.45, 2.75) is 19.9 Å². The SMILES string of the molecule is Cc1c(C(=O)Nc2ccc(F)cc2)sc2ncnc(N3CCc4ccccc4C3)c12. The van der Waals surface area contributed by atoms with Crippen molar-refractivity contribution in [3.63, 3.8) is 0 Å². The van der Waals surface area contributed by atoms with Crippen LogP contribution >= 0.6 is 11.3 Å². The van der Waals surface area contributed by atoms with E-state index < -0.39 is 0 Å². The Bertz CT molecular complexity index is 1250. The van der Waals surface area contributed by atoms with E-state index in [0.717, 1.165) is 41.1 Å². The first kappa shape index (κ1) is 18.7. The predicted octanol–water partition coefficient (Wildman–Crippen LogP) is 4.95. The fraction of sp³-hybridized carbons (Fsp3) is 0.174. The average molecular weight is 418 g/mol. The van der Waals surface area contributed by atoms with Crippen LogP contribution in [0.3, 0.4) is 0 Å². The molecule has 30 heavy (non-hydrogen) atoms. The first-order valence-corrected chi connectivity index (χ1v) is 10.5. The molecule has 2 aromatic heterocycles. The molecule has 0 saturated heterocycles. The first-order chi connectivity index (χ1) is 14.6. The number of carbonyl (C=O) groups is 1. The van der Waals surface area contributed by atoms with Crippen LogP contribution in [0.25, 0.3) is 10.2 Å². The summed E-state index contributed by atoms with van der Waals surface area (Å²) in [5, 5.41) is 3.76. The Kier molecular flexibility index (Phi) is 4.67. The summed E-state index contributed by atoms with van der Waals surface area (Å²) in [6, 6.07) is 14.2. The molecule has 0 fully saturated rings. The van der Waals surface area contributed by atoms with Crippen molar-refractivity contribution in [3.8, 4) is 0 Å². The number of aromatic nitrogens is 2. The lowest BCUT2D eigenvalue weighted by Crippen LogP contribution is -2.31. The molecule has 1 N–H and O–H groups in total. The molecule has 4 aromatic rings. The molecule has 0 atom stereocenters. The lowest BCUT2D eigenvalue weighted by molar-refractivity contribution is 0.103. The summed E-state index contributed by atoms with van der Waals surface area (Å²) >= 11 is 1.35. The second kappa shape index (κ2) is 7.50. The number of nitrogens with one attached hydrogen (secondary N) is 1. The maximum atomic E-state index is 13.1. The van der Waals surface area contributed by atoms with Crippen LogP contribution < -0.4 is 10.2 Å². The summed E-state index contributed by atoms with van der Waals surface area (Å²) in [7, 11) is 0. The van der Waals surface area contributed by atoms with E-state index in [0.29, 0.717) is 10.6 Å². The van der Waals surface area contributed by atoms with E-state index in [-0.39, 0.29) is 11.7 Å². The van der Waals surface area contributed by atoms with Gasteiger partial charge in [0.05, 0.1) is 10.3 Å². The Morgan fingerprint density at radius 1 is 1.10 bits per heavy atom. The summed E-state index contributed by atoms with van der Waals surface area (Å²) in [4.78, 5) is 25.5. The van der Waals surface area contributed by atoms with Gasteiger partial charge in [-0.05, 0) is 54.3 Å². The van der Waals surface area contributed by atoms with Gasteiger partial charge in [0.2, 0.25) is 0 Å². The van der Waals surface area contributed by atoms with Crippen molar-refractivity contribution >= 4 is 39.0 Å². The Morgan fingerprint density at radius 2 is 1.87 bits per heavy atom. The monoisotopic (exact) mass is 418 g/mol. The van der Waals surface area contributed by atoms with E-state index in [1.54, 1.807) is 18.5 Å². The molecule has 3 heterocycles. The summed E-state index contributed by atoms with van der Waals surface area (Å²) < 4.78 is 13.1. The number of hydrogen-bond acceptors (Lipinski definition) is 5. The molecule has 0 unspecified atom stereocenters. The lowest BCUT2D eigenvalue weighted by Gasteiger charge is -2.30. The maximum absolute atomic E-state index is 13.1. The number of hydrogen-bond donors (Lipinski definition) is 1. The number of anilines is 2. The first-order valence-electron chi connectivity index (χ1n) is 9.73. The van der Waals surface area contributed by atoms with Crippen LogP contribution in [0.5, 0.6) is 0 Å². The number of nitrogens with zero attached hydrogens (tertiary/aromatic N) is 3. The standard InChI is InChI=1S/C23H19FN4OS/c1-14-19-21(28-11-10-15-4-2-3-5-16(15)12-28)25-13-26-23(19)30-20(14)22(29)27-18-8-6-17(24)7-9-18/h2-9,13H,10-12H2,1H3,(H,27,29). The van der Waals surface area contributed by atoms with Crippen molar-refractivity contribution in [1.82, 2.24) is 9.97 Å². The van der Waals surface area contributed by atoms with E-state index in [9.17, 15) is 9.18 Å². The number of benzene rings is 2. The van der Waals surface area contributed by atoms with Gasteiger partial charge in [0.25, 0.3) is 5.91 Å². The summed E-state index contributed by atoms with van der Waals surface area (Å²) in [5.41, 5.74) is 4.10. The number of thiophene rings is 1. The van der Waals surface area contributed by atoms with Gasteiger partial charge in [-0.3, -0.25) is 4.79 Å². The number of halogens is 1. The third kappa shape index (κ3) is 3.31. The minimum atomic E-state index is -0.339. The highest BCUT2D eigenvalue weighted by molar-refractivity contribution is 7.20. The molecule has 150 valence electrons. The lowest BCUT2D eigenvalue weighted by atomic mass is 9.99. The second-order valence-electron chi connectivity index (χ2n) is 7.33. The number of fused-ring (bicyclic) bond motifs is 2. The Morgan fingerprint density at radius 3 is 2.67 bits per heavy atom. The average Bonchev–Trinajstić information content (AvgIpc) is 3.12. The zero-order valence-corrected chi connectivity index (χ0v) is 17.2. The highest BCUT2D eigenvalue weighted by Gasteiger charge is 2.24. The minimum Gasteiger partial charge on any atom is -0.351 e. The van der Waals surface area contributed by atoms with E-state index >= 15 is 0 Å². The van der Waals surface area contributed by atoms with Crippen LogP contribution in [-0.4, -0.2) is 22.4 Å². The van der Waals surface area contributed by atoms with Crippen molar-refractivity contribution < 1.29 is 9.18 Å². The summed E-state index contributed by atoms with van der Waals surface area (Å²) in [5.74, 6) is 0.301. The van der Waals surface area contributed by atoms with Gasteiger partial charge in [0.15, 0.2) is 0 Å². The number of rotatable bonds is 3. The van der Waals surface area contributed by atoms with Crippen LogP contribution in [0.2, 0.25) is 0 Å². The van der Waals surface area contributed by atoms with Crippen molar-refractivity contribution in [2.24, 2.45) is 0 Å².